The summed E-state index contributed by atoms with van der Waals surface area (Å²) in [6, 6.07) is 6.66. The first kappa shape index (κ1) is 14.6. The predicted octanol–water partition coefficient (Wildman–Crippen LogP) is 3.70. The second-order valence-corrected chi connectivity index (χ2v) is 4.60. The second kappa shape index (κ2) is 7.80. The van der Waals surface area contributed by atoms with Crippen molar-refractivity contribution in [3.8, 4) is 0 Å². The van der Waals surface area contributed by atoms with E-state index in [1.165, 1.54) is 6.07 Å². The molecule has 0 saturated heterocycles. The van der Waals surface area contributed by atoms with Gasteiger partial charge in [-0.1, -0.05) is 34.1 Å². The Morgan fingerprint density at radius 1 is 1.18 bits per heavy atom. The summed E-state index contributed by atoms with van der Waals surface area (Å²) in [7, 11) is 0. The summed E-state index contributed by atoms with van der Waals surface area (Å²) in [5, 5.41) is 0.565. The van der Waals surface area contributed by atoms with Gasteiger partial charge in [0.05, 0.1) is 25.4 Å². The quantitative estimate of drug-likeness (QED) is 0.565. The smallest absolute Gasteiger partial charge is 0.129 e. The van der Waals surface area contributed by atoms with Crippen LogP contribution >= 0.6 is 15.9 Å². The molecular formula is C13H18BrFO2. The summed E-state index contributed by atoms with van der Waals surface area (Å²) < 4.78 is 24.5. The lowest BCUT2D eigenvalue weighted by Crippen LogP contribution is -2.14. The standard InChI is InChI=1S/C13H18BrFO2/c1-10(2)16-7-8-17-13(9-14)11-5-3-4-6-12(11)15/h3-6,10,13H,7-9H2,1-2H3. The Labute approximate surface area is 110 Å². The largest absolute Gasteiger partial charge is 0.376 e. The number of rotatable bonds is 7. The maximum atomic E-state index is 13.5. The molecule has 0 heterocycles. The van der Waals surface area contributed by atoms with E-state index in [2.05, 4.69) is 15.9 Å². The third kappa shape index (κ3) is 5.15. The lowest BCUT2D eigenvalue weighted by molar-refractivity contribution is -0.00646. The van der Waals surface area contributed by atoms with E-state index in [4.69, 9.17) is 9.47 Å². The average molecular weight is 305 g/mol. The number of halogens is 2. The van der Waals surface area contributed by atoms with Gasteiger partial charge in [0.15, 0.2) is 0 Å². The molecule has 0 fully saturated rings. The molecule has 4 heteroatoms. The Morgan fingerprint density at radius 3 is 2.41 bits per heavy atom. The summed E-state index contributed by atoms with van der Waals surface area (Å²) in [6.45, 7) is 4.93. The summed E-state index contributed by atoms with van der Waals surface area (Å²) in [5.41, 5.74) is 0.578. The molecule has 1 aromatic rings. The molecule has 1 aromatic carbocycles. The van der Waals surface area contributed by atoms with Crippen LogP contribution in [-0.2, 0) is 9.47 Å². The van der Waals surface area contributed by atoms with Gasteiger partial charge in [-0.3, -0.25) is 0 Å². The minimum absolute atomic E-state index is 0.189. The van der Waals surface area contributed by atoms with Crippen LogP contribution in [0.25, 0.3) is 0 Å². The maximum Gasteiger partial charge on any atom is 0.129 e. The Morgan fingerprint density at radius 2 is 1.82 bits per heavy atom. The van der Waals surface area contributed by atoms with E-state index >= 15 is 0 Å². The van der Waals surface area contributed by atoms with E-state index in [9.17, 15) is 4.39 Å². The first-order valence-corrected chi connectivity index (χ1v) is 6.81. The third-order valence-corrected chi connectivity index (χ3v) is 2.83. The van der Waals surface area contributed by atoms with Crippen molar-refractivity contribution in [1.82, 2.24) is 0 Å². The highest BCUT2D eigenvalue weighted by molar-refractivity contribution is 9.09. The number of hydrogen-bond donors (Lipinski definition) is 0. The Bertz CT molecular complexity index is 331. The molecule has 1 unspecified atom stereocenters. The lowest BCUT2D eigenvalue weighted by Gasteiger charge is -2.17. The van der Waals surface area contributed by atoms with E-state index in [1.54, 1.807) is 12.1 Å². The lowest BCUT2D eigenvalue weighted by atomic mass is 10.1. The van der Waals surface area contributed by atoms with Gasteiger partial charge >= 0.3 is 0 Å². The normalized spacial score (nSPS) is 13.0. The average Bonchev–Trinajstić information content (AvgIpc) is 2.30. The summed E-state index contributed by atoms with van der Waals surface area (Å²) >= 11 is 3.34. The minimum atomic E-state index is -0.271. The summed E-state index contributed by atoms with van der Waals surface area (Å²) in [4.78, 5) is 0. The molecule has 1 atom stereocenters. The van der Waals surface area contributed by atoms with Crippen LogP contribution < -0.4 is 0 Å². The van der Waals surface area contributed by atoms with Gasteiger partial charge in [-0.25, -0.2) is 4.39 Å². The number of benzene rings is 1. The van der Waals surface area contributed by atoms with Gasteiger partial charge in [-0.05, 0) is 19.9 Å². The first-order chi connectivity index (χ1) is 8.15. The molecule has 0 aliphatic heterocycles. The molecule has 0 amide bonds. The zero-order chi connectivity index (χ0) is 12.7. The van der Waals surface area contributed by atoms with Crippen LogP contribution in [0.3, 0.4) is 0 Å². The molecule has 0 aromatic heterocycles. The highest BCUT2D eigenvalue weighted by atomic mass is 79.9. The zero-order valence-corrected chi connectivity index (χ0v) is 11.7. The minimum Gasteiger partial charge on any atom is -0.376 e. The molecule has 1 rings (SSSR count). The molecule has 0 N–H and O–H groups in total. The van der Waals surface area contributed by atoms with Gasteiger partial charge in [0.25, 0.3) is 0 Å². The van der Waals surface area contributed by atoms with Crippen molar-refractivity contribution in [2.45, 2.75) is 26.1 Å². The number of hydrogen-bond acceptors (Lipinski definition) is 2. The molecule has 0 aliphatic carbocycles. The third-order valence-electron chi connectivity index (χ3n) is 2.25. The summed E-state index contributed by atoms with van der Waals surface area (Å²) in [5.74, 6) is -0.235. The van der Waals surface area contributed by atoms with E-state index in [1.807, 2.05) is 19.9 Å². The maximum absolute atomic E-state index is 13.5. The first-order valence-electron chi connectivity index (χ1n) is 5.68. The van der Waals surface area contributed by atoms with Gasteiger partial charge in [0.2, 0.25) is 0 Å². The van der Waals surface area contributed by atoms with Crippen molar-refractivity contribution in [1.29, 1.82) is 0 Å². The fourth-order valence-corrected chi connectivity index (χ4v) is 1.96. The van der Waals surface area contributed by atoms with Crippen molar-refractivity contribution in [2.24, 2.45) is 0 Å². The highest BCUT2D eigenvalue weighted by Crippen LogP contribution is 2.22. The molecule has 0 saturated carbocycles. The molecule has 0 bridgehead atoms. The molecular weight excluding hydrogens is 287 g/mol. The van der Waals surface area contributed by atoms with Gasteiger partial charge in [-0.2, -0.15) is 0 Å². The topological polar surface area (TPSA) is 18.5 Å². The van der Waals surface area contributed by atoms with E-state index in [0.717, 1.165) is 0 Å². The van der Waals surface area contributed by atoms with Crippen LogP contribution in [0.4, 0.5) is 4.39 Å². The van der Waals surface area contributed by atoms with Gasteiger partial charge < -0.3 is 9.47 Å². The zero-order valence-electron chi connectivity index (χ0n) is 10.2. The molecule has 0 radical (unpaired) electrons. The van der Waals surface area contributed by atoms with E-state index in [-0.39, 0.29) is 18.0 Å². The second-order valence-electron chi connectivity index (χ2n) is 3.95. The van der Waals surface area contributed by atoms with Crippen LogP contribution in [0.1, 0.15) is 25.5 Å². The Kier molecular flexibility index (Phi) is 6.70. The monoisotopic (exact) mass is 304 g/mol. The van der Waals surface area contributed by atoms with Crippen LogP contribution in [0.15, 0.2) is 24.3 Å². The highest BCUT2D eigenvalue weighted by Gasteiger charge is 2.14. The number of ether oxygens (including phenoxy) is 2. The van der Waals surface area contributed by atoms with Crippen LogP contribution in [-0.4, -0.2) is 24.6 Å². The summed E-state index contributed by atoms with van der Waals surface area (Å²) in [6.07, 6.45) is -0.0820. The fraction of sp³-hybridized carbons (Fsp3) is 0.538. The van der Waals surface area contributed by atoms with Gasteiger partial charge in [0, 0.05) is 10.9 Å². The number of alkyl halides is 1. The van der Waals surface area contributed by atoms with Crippen LogP contribution in [0.5, 0.6) is 0 Å². The van der Waals surface area contributed by atoms with Crippen molar-refractivity contribution >= 4 is 15.9 Å². The molecule has 0 spiro atoms. The van der Waals surface area contributed by atoms with Crippen molar-refractivity contribution < 1.29 is 13.9 Å². The molecule has 17 heavy (non-hydrogen) atoms. The molecule has 0 aliphatic rings. The van der Waals surface area contributed by atoms with Crippen molar-refractivity contribution in [3.63, 3.8) is 0 Å². The molecule has 2 nitrogen and oxygen atoms in total. The van der Waals surface area contributed by atoms with Crippen LogP contribution in [0.2, 0.25) is 0 Å². The van der Waals surface area contributed by atoms with Gasteiger partial charge in [-0.15, -0.1) is 0 Å². The van der Waals surface area contributed by atoms with Gasteiger partial charge in [0.1, 0.15) is 5.82 Å². The Hall–Kier alpha value is -0.450. The van der Waals surface area contributed by atoms with Crippen LogP contribution in [0, 0.1) is 5.82 Å². The fourth-order valence-electron chi connectivity index (χ4n) is 1.43. The molecule has 96 valence electrons. The van der Waals surface area contributed by atoms with Crippen molar-refractivity contribution in [3.05, 3.63) is 35.6 Å². The van der Waals surface area contributed by atoms with E-state index < -0.39 is 0 Å². The SMILES string of the molecule is CC(C)OCCOC(CBr)c1ccccc1F. The van der Waals surface area contributed by atoms with Crippen molar-refractivity contribution in [2.75, 3.05) is 18.5 Å². The van der Waals surface area contributed by atoms with E-state index in [0.29, 0.717) is 24.1 Å². The Balaban J connectivity index is 2.46. The predicted molar refractivity (Wildman–Crippen MR) is 70.0 cm³/mol.